The third-order valence-electron chi connectivity index (χ3n) is 4.07. The van der Waals surface area contributed by atoms with E-state index in [-0.39, 0.29) is 18.4 Å². The van der Waals surface area contributed by atoms with Crippen molar-refractivity contribution in [2.75, 3.05) is 20.1 Å². The summed E-state index contributed by atoms with van der Waals surface area (Å²) in [5, 5.41) is 3.72. The summed E-state index contributed by atoms with van der Waals surface area (Å²) in [7, 11) is 1.72. The largest absolute Gasteiger partial charge is 0.361 e. The predicted molar refractivity (Wildman–Crippen MR) is 96.2 cm³/mol. The maximum atomic E-state index is 12.2. The molecule has 0 unspecified atom stereocenters. The van der Waals surface area contributed by atoms with Crippen LogP contribution in [-0.4, -0.2) is 46.8 Å². The molecule has 25 heavy (non-hydrogen) atoms. The van der Waals surface area contributed by atoms with Crippen LogP contribution in [0.1, 0.15) is 16.1 Å². The lowest BCUT2D eigenvalue weighted by Gasteiger charge is -2.17. The molecule has 0 aliphatic rings. The number of hydrogen-bond acceptors (Lipinski definition) is 3. The molecule has 2 aromatic heterocycles. The Bertz CT molecular complexity index is 873. The molecule has 0 saturated carbocycles. The number of H-pyrrole nitrogens is 1. The number of hydrogen-bond donors (Lipinski definition) is 2. The lowest BCUT2D eigenvalue weighted by Crippen LogP contribution is -2.39. The van der Waals surface area contributed by atoms with Crippen LogP contribution in [0.15, 0.2) is 54.9 Å². The number of carbonyl (C=O) groups is 2. The van der Waals surface area contributed by atoms with Gasteiger partial charge in [0.1, 0.15) is 0 Å². The van der Waals surface area contributed by atoms with E-state index in [0.717, 1.165) is 16.6 Å². The van der Waals surface area contributed by atoms with Gasteiger partial charge in [-0.15, -0.1) is 0 Å². The van der Waals surface area contributed by atoms with E-state index in [1.54, 1.807) is 30.3 Å². The zero-order valence-corrected chi connectivity index (χ0v) is 14.0. The molecule has 2 heterocycles. The smallest absolute Gasteiger partial charge is 0.251 e. The molecule has 0 fully saturated rings. The third kappa shape index (κ3) is 4.23. The highest BCUT2D eigenvalue weighted by Crippen LogP contribution is 2.13. The number of aromatic amines is 1. The Balaban J connectivity index is 1.49. The van der Waals surface area contributed by atoms with Crippen molar-refractivity contribution in [1.29, 1.82) is 0 Å². The maximum Gasteiger partial charge on any atom is 0.251 e. The molecule has 6 nitrogen and oxygen atoms in total. The number of aromatic nitrogens is 2. The predicted octanol–water partition coefficient (Wildman–Crippen LogP) is 1.99. The highest BCUT2D eigenvalue weighted by molar-refractivity contribution is 5.99. The number of nitrogens with one attached hydrogen (secondary N) is 2. The number of carbonyl (C=O) groups excluding carboxylic acids is 2. The number of fused-ring (bicyclic) bond motifs is 1. The molecule has 3 rings (SSSR count). The van der Waals surface area contributed by atoms with Crippen LogP contribution in [0.4, 0.5) is 0 Å². The molecule has 1 aromatic carbocycles. The van der Waals surface area contributed by atoms with Crippen molar-refractivity contribution in [2.24, 2.45) is 0 Å². The zero-order valence-electron chi connectivity index (χ0n) is 14.0. The van der Waals surface area contributed by atoms with E-state index in [9.17, 15) is 9.59 Å². The molecule has 0 aliphatic carbocycles. The van der Waals surface area contributed by atoms with Gasteiger partial charge in [-0.1, -0.05) is 12.1 Å². The molecule has 0 spiro atoms. The van der Waals surface area contributed by atoms with Gasteiger partial charge in [-0.25, -0.2) is 0 Å². The van der Waals surface area contributed by atoms with Gasteiger partial charge >= 0.3 is 0 Å². The lowest BCUT2D eigenvalue weighted by molar-refractivity contribution is -0.128. The van der Waals surface area contributed by atoms with E-state index >= 15 is 0 Å². The number of pyridine rings is 1. The number of rotatable bonds is 6. The minimum absolute atomic E-state index is 0.0275. The second-order valence-electron chi connectivity index (χ2n) is 5.85. The topological polar surface area (TPSA) is 78.1 Å². The van der Waals surface area contributed by atoms with Crippen molar-refractivity contribution in [1.82, 2.24) is 20.2 Å². The van der Waals surface area contributed by atoms with Crippen LogP contribution >= 0.6 is 0 Å². The van der Waals surface area contributed by atoms with Gasteiger partial charge in [0.15, 0.2) is 0 Å². The van der Waals surface area contributed by atoms with E-state index < -0.39 is 0 Å². The van der Waals surface area contributed by atoms with Crippen LogP contribution in [0.2, 0.25) is 0 Å². The Labute approximate surface area is 145 Å². The van der Waals surface area contributed by atoms with Gasteiger partial charge in [-0.3, -0.25) is 14.6 Å². The van der Waals surface area contributed by atoms with Gasteiger partial charge in [0.25, 0.3) is 5.91 Å². The SMILES string of the molecule is CN(CCc1ccccn1)C(=O)CNC(=O)c1ccc2cc[nH]c2c1. The quantitative estimate of drug-likeness (QED) is 0.723. The first-order chi connectivity index (χ1) is 12.1. The standard InChI is InChI=1S/C19H20N4O2/c1-23(11-8-16-4-2-3-9-20-16)18(24)13-22-19(25)15-6-5-14-7-10-21-17(14)12-15/h2-7,9-10,12,21H,8,11,13H2,1H3,(H,22,25). The third-order valence-corrected chi connectivity index (χ3v) is 4.07. The average molecular weight is 336 g/mol. The molecule has 0 bridgehead atoms. The van der Waals surface area contributed by atoms with E-state index in [1.807, 2.05) is 36.5 Å². The molecule has 3 aromatic rings. The normalized spacial score (nSPS) is 10.6. The van der Waals surface area contributed by atoms with Gasteiger partial charge in [-0.05, 0) is 35.7 Å². The van der Waals surface area contributed by atoms with Crippen LogP contribution in [-0.2, 0) is 11.2 Å². The van der Waals surface area contributed by atoms with Gasteiger partial charge < -0.3 is 15.2 Å². The summed E-state index contributed by atoms with van der Waals surface area (Å²) in [4.78, 5) is 33.3. The number of benzene rings is 1. The molecule has 0 atom stereocenters. The molecule has 0 aliphatic heterocycles. The Kier molecular flexibility index (Phi) is 5.09. The minimum Gasteiger partial charge on any atom is -0.361 e. The molecule has 0 saturated heterocycles. The van der Waals surface area contributed by atoms with Crippen molar-refractivity contribution in [2.45, 2.75) is 6.42 Å². The molecular weight excluding hydrogens is 316 g/mol. The fourth-order valence-corrected chi connectivity index (χ4v) is 2.53. The summed E-state index contributed by atoms with van der Waals surface area (Å²) in [6, 6.07) is 13.1. The zero-order chi connectivity index (χ0) is 17.6. The number of nitrogens with zero attached hydrogens (tertiary/aromatic N) is 2. The van der Waals surface area contributed by atoms with Crippen LogP contribution in [0.25, 0.3) is 10.9 Å². The summed E-state index contributed by atoms with van der Waals surface area (Å²) in [5.41, 5.74) is 2.36. The molecule has 6 heteroatoms. The van der Waals surface area contributed by atoms with Gasteiger partial charge in [0, 0.05) is 49.2 Å². The second-order valence-corrected chi connectivity index (χ2v) is 5.85. The fourth-order valence-electron chi connectivity index (χ4n) is 2.53. The van der Waals surface area contributed by atoms with Crippen LogP contribution < -0.4 is 5.32 Å². The van der Waals surface area contributed by atoms with Crippen LogP contribution in [0.3, 0.4) is 0 Å². The highest BCUT2D eigenvalue weighted by atomic mass is 16.2. The molecule has 2 amide bonds. The maximum absolute atomic E-state index is 12.2. The lowest BCUT2D eigenvalue weighted by atomic mass is 10.1. The van der Waals surface area contributed by atoms with Crippen molar-refractivity contribution in [3.63, 3.8) is 0 Å². The minimum atomic E-state index is -0.261. The van der Waals surface area contributed by atoms with Crippen molar-refractivity contribution in [3.8, 4) is 0 Å². The van der Waals surface area contributed by atoms with E-state index in [4.69, 9.17) is 0 Å². The van der Waals surface area contributed by atoms with Crippen LogP contribution in [0.5, 0.6) is 0 Å². The summed E-state index contributed by atoms with van der Waals surface area (Å²) in [6.45, 7) is 0.528. The van der Waals surface area contributed by atoms with Crippen molar-refractivity contribution < 1.29 is 9.59 Å². The van der Waals surface area contributed by atoms with E-state index in [2.05, 4.69) is 15.3 Å². The molecule has 128 valence electrons. The first-order valence-corrected chi connectivity index (χ1v) is 8.13. The summed E-state index contributed by atoms with van der Waals surface area (Å²) < 4.78 is 0. The van der Waals surface area contributed by atoms with E-state index in [1.165, 1.54) is 0 Å². The Morgan fingerprint density at radius 2 is 2.08 bits per heavy atom. The monoisotopic (exact) mass is 336 g/mol. The van der Waals surface area contributed by atoms with Gasteiger partial charge in [0.2, 0.25) is 5.91 Å². The van der Waals surface area contributed by atoms with Crippen molar-refractivity contribution in [3.05, 3.63) is 66.1 Å². The van der Waals surface area contributed by atoms with E-state index in [0.29, 0.717) is 18.5 Å². The summed E-state index contributed by atoms with van der Waals surface area (Å²) in [5.74, 6) is -0.395. The van der Waals surface area contributed by atoms with Crippen LogP contribution in [0, 0.1) is 0 Å². The summed E-state index contributed by atoms with van der Waals surface area (Å²) in [6.07, 6.45) is 4.24. The Morgan fingerprint density at radius 1 is 1.20 bits per heavy atom. The Hall–Kier alpha value is -3.15. The van der Waals surface area contributed by atoms with Gasteiger partial charge in [0.05, 0.1) is 6.54 Å². The number of likely N-dealkylation sites (N-methyl/N-ethyl adjacent to an activating group) is 1. The fraction of sp³-hybridized carbons (Fsp3) is 0.211. The van der Waals surface area contributed by atoms with Crippen molar-refractivity contribution >= 4 is 22.7 Å². The van der Waals surface area contributed by atoms with Gasteiger partial charge in [-0.2, -0.15) is 0 Å². The first-order valence-electron chi connectivity index (χ1n) is 8.13. The molecule has 0 radical (unpaired) electrons. The summed E-state index contributed by atoms with van der Waals surface area (Å²) >= 11 is 0. The number of amides is 2. The first kappa shape index (κ1) is 16.7. The molecule has 2 N–H and O–H groups in total. The molecular formula is C19H20N4O2. The second kappa shape index (κ2) is 7.61. The Morgan fingerprint density at radius 3 is 2.88 bits per heavy atom. The average Bonchev–Trinajstić information content (AvgIpc) is 3.12. The highest BCUT2D eigenvalue weighted by Gasteiger charge is 2.12.